The highest BCUT2D eigenvalue weighted by Gasteiger charge is 2.05. The summed E-state index contributed by atoms with van der Waals surface area (Å²) in [5.41, 5.74) is 6.22. The Bertz CT molecular complexity index is 291. The minimum absolute atomic E-state index is 0.347. The minimum Gasteiger partial charge on any atom is -0.330 e. The average Bonchev–Trinajstić information content (AvgIpc) is 2.01. The maximum atomic E-state index is 12.8. The Balaban J connectivity index is 3.05. The van der Waals surface area contributed by atoms with E-state index >= 15 is 0 Å². The molecule has 1 aromatic carbocycles. The maximum Gasteiger partial charge on any atom is 0.138 e. The van der Waals surface area contributed by atoms with Gasteiger partial charge < -0.3 is 5.73 Å². The highest BCUT2D eigenvalue weighted by atomic mass is 79.9. The van der Waals surface area contributed by atoms with Crippen LogP contribution < -0.4 is 5.73 Å². The van der Waals surface area contributed by atoms with Gasteiger partial charge in [0, 0.05) is 5.02 Å². The fourth-order valence-electron chi connectivity index (χ4n) is 0.911. The smallest absolute Gasteiger partial charge is 0.138 e. The van der Waals surface area contributed by atoms with Crippen LogP contribution in [0.3, 0.4) is 0 Å². The second-order valence-corrected chi connectivity index (χ2v) is 3.66. The molecule has 2 N–H and O–H groups in total. The molecule has 0 atom stereocenters. The highest BCUT2D eigenvalue weighted by Crippen LogP contribution is 2.24. The van der Waals surface area contributed by atoms with Crippen LogP contribution in [0.5, 0.6) is 0 Å². The quantitative estimate of drug-likeness (QED) is 0.805. The van der Waals surface area contributed by atoms with Gasteiger partial charge in [0.2, 0.25) is 0 Å². The first kappa shape index (κ1) is 9.96. The topological polar surface area (TPSA) is 26.0 Å². The molecule has 0 heterocycles. The molecule has 12 heavy (non-hydrogen) atoms. The van der Waals surface area contributed by atoms with Gasteiger partial charge in [-0.25, -0.2) is 4.39 Å². The lowest BCUT2D eigenvalue weighted by molar-refractivity contribution is 0.620. The van der Waals surface area contributed by atoms with E-state index in [9.17, 15) is 4.39 Å². The van der Waals surface area contributed by atoms with E-state index in [-0.39, 0.29) is 5.82 Å². The molecule has 0 unspecified atom stereocenters. The van der Waals surface area contributed by atoms with E-state index in [2.05, 4.69) is 15.9 Å². The van der Waals surface area contributed by atoms with Gasteiger partial charge in [-0.15, -0.1) is 0 Å². The Morgan fingerprint density at radius 3 is 2.75 bits per heavy atom. The molecule has 1 aromatic rings. The molecule has 66 valence electrons. The van der Waals surface area contributed by atoms with E-state index in [1.54, 1.807) is 6.07 Å². The van der Waals surface area contributed by atoms with Crippen molar-refractivity contribution in [1.29, 1.82) is 0 Å². The Hall–Kier alpha value is -0.120. The van der Waals surface area contributed by atoms with Gasteiger partial charge in [0.25, 0.3) is 0 Å². The van der Waals surface area contributed by atoms with E-state index in [0.29, 0.717) is 22.5 Å². The SMILES string of the molecule is NCCc1cc(Br)c(F)cc1Cl. The molecule has 0 aliphatic carbocycles. The lowest BCUT2D eigenvalue weighted by Gasteiger charge is -2.03. The molecule has 0 spiro atoms. The van der Waals surface area contributed by atoms with Crippen LogP contribution in [-0.4, -0.2) is 6.54 Å². The predicted octanol–water partition coefficient (Wildman–Crippen LogP) is 2.74. The first-order chi connectivity index (χ1) is 5.65. The first-order valence-corrected chi connectivity index (χ1v) is 4.65. The van der Waals surface area contributed by atoms with Gasteiger partial charge in [0.1, 0.15) is 5.82 Å². The molecule has 0 saturated heterocycles. The number of hydrogen-bond donors (Lipinski definition) is 1. The Labute approximate surface area is 83.8 Å². The maximum absolute atomic E-state index is 12.8. The molecule has 0 aromatic heterocycles. The van der Waals surface area contributed by atoms with Crippen molar-refractivity contribution in [1.82, 2.24) is 0 Å². The van der Waals surface area contributed by atoms with Crippen molar-refractivity contribution < 1.29 is 4.39 Å². The van der Waals surface area contributed by atoms with Crippen molar-refractivity contribution in [3.05, 3.63) is 33.0 Å². The van der Waals surface area contributed by atoms with Crippen LogP contribution in [0.25, 0.3) is 0 Å². The van der Waals surface area contributed by atoms with Crippen LogP contribution >= 0.6 is 27.5 Å². The summed E-state index contributed by atoms with van der Waals surface area (Å²) in [5, 5.41) is 0.432. The molecule has 0 fully saturated rings. The van der Waals surface area contributed by atoms with E-state index in [0.717, 1.165) is 5.56 Å². The van der Waals surface area contributed by atoms with Gasteiger partial charge >= 0.3 is 0 Å². The van der Waals surface area contributed by atoms with Crippen LogP contribution in [0.15, 0.2) is 16.6 Å². The zero-order valence-corrected chi connectivity index (χ0v) is 8.62. The summed E-state index contributed by atoms with van der Waals surface area (Å²) in [6.07, 6.45) is 0.664. The normalized spacial score (nSPS) is 10.3. The van der Waals surface area contributed by atoms with Gasteiger partial charge in [0.15, 0.2) is 0 Å². The zero-order chi connectivity index (χ0) is 9.14. The highest BCUT2D eigenvalue weighted by molar-refractivity contribution is 9.10. The van der Waals surface area contributed by atoms with Crippen LogP contribution in [-0.2, 0) is 6.42 Å². The number of halogens is 3. The molecule has 1 nitrogen and oxygen atoms in total. The van der Waals surface area contributed by atoms with E-state index in [1.165, 1.54) is 6.07 Å². The van der Waals surface area contributed by atoms with E-state index in [1.807, 2.05) is 0 Å². The van der Waals surface area contributed by atoms with Crippen molar-refractivity contribution in [3.63, 3.8) is 0 Å². The standard InChI is InChI=1S/C8H8BrClFN/c9-6-3-5(1-2-12)7(10)4-8(6)11/h3-4H,1-2,12H2. The van der Waals surface area contributed by atoms with Gasteiger partial charge in [-0.05, 0) is 46.6 Å². The number of nitrogens with two attached hydrogens (primary N) is 1. The summed E-state index contributed by atoms with van der Waals surface area (Å²) in [6.45, 7) is 0.512. The van der Waals surface area contributed by atoms with Crippen LogP contribution in [0.1, 0.15) is 5.56 Å². The zero-order valence-electron chi connectivity index (χ0n) is 6.28. The van der Waals surface area contributed by atoms with E-state index < -0.39 is 0 Å². The molecule has 4 heteroatoms. The summed E-state index contributed by atoms with van der Waals surface area (Å²) < 4.78 is 13.3. The van der Waals surface area contributed by atoms with Crippen molar-refractivity contribution in [3.8, 4) is 0 Å². The molecule has 0 saturated carbocycles. The van der Waals surface area contributed by atoms with Gasteiger partial charge in [-0.1, -0.05) is 11.6 Å². The Morgan fingerprint density at radius 2 is 2.17 bits per heavy atom. The molecule has 0 aliphatic rings. The largest absolute Gasteiger partial charge is 0.330 e. The lowest BCUT2D eigenvalue weighted by Crippen LogP contribution is -2.03. The second kappa shape index (κ2) is 4.21. The lowest BCUT2D eigenvalue weighted by atomic mass is 10.1. The Kier molecular flexibility index (Phi) is 3.50. The Morgan fingerprint density at radius 1 is 1.50 bits per heavy atom. The van der Waals surface area contributed by atoms with E-state index in [4.69, 9.17) is 17.3 Å². The average molecular weight is 253 g/mol. The van der Waals surface area contributed by atoms with Crippen molar-refractivity contribution >= 4 is 27.5 Å². The van der Waals surface area contributed by atoms with Crippen molar-refractivity contribution in [2.24, 2.45) is 5.73 Å². The second-order valence-electron chi connectivity index (χ2n) is 2.40. The molecule has 0 bridgehead atoms. The summed E-state index contributed by atoms with van der Waals surface area (Å²) in [6, 6.07) is 2.95. The number of hydrogen-bond acceptors (Lipinski definition) is 1. The van der Waals surface area contributed by atoms with Crippen molar-refractivity contribution in [2.75, 3.05) is 6.54 Å². The monoisotopic (exact) mass is 251 g/mol. The third-order valence-electron chi connectivity index (χ3n) is 1.50. The summed E-state index contributed by atoms with van der Waals surface area (Å²) in [7, 11) is 0. The first-order valence-electron chi connectivity index (χ1n) is 3.48. The third-order valence-corrected chi connectivity index (χ3v) is 2.46. The molecule has 0 aliphatic heterocycles. The summed E-state index contributed by atoms with van der Waals surface area (Å²) in [4.78, 5) is 0. The van der Waals surface area contributed by atoms with Gasteiger partial charge in [-0.2, -0.15) is 0 Å². The fourth-order valence-corrected chi connectivity index (χ4v) is 1.55. The minimum atomic E-state index is -0.347. The van der Waals surface area contributed by atoms with Gasteiger partial charge in [0.05, 0.1) is 4.47 Å². The fraction of sp³-hybridized carbons (Fsp3) is 0.250. The van der Waals surface area contributed by atoms with Crippen LogP contribution in [0.4, 0.5) is 4.39 Å². The van der Waals surface area contributed by atoms with Crippen molar-refractivity contribution in [2.45, 2.75) is 6.42 Å². The molecule has 0 radical (unpaired) electrons. The molecular weight excluding hydrogens is 244 g/mol. The van der Waals surface area contributed by atoms with Crippen LogP contribution in [0.2, 0.25) is 5.02 Å². The molecular formula is C8H8BrClFN. The number of benzene rings is 1. The van der Waals surface area contributed by atoms with Gasteiger partial charge in [-0.3, -0.25) is 0 Å². The molecule has 1 rings (SSSR count). The van der Waals surface area contributed by atoms with Crippen LogP contribution in [0, 0.1) is 5.82 Å². The summed E-state index contributed by atoms with van der Waals surface area (Å²) >= 11 is 8.84. The predicted molar refractivity (Wildman–Crippen MR) is 51.9 cm³/mol. The molecule has 0 amide bonds. The summed E-state index contributed by atoms with van der Waals surface area (Å²) in [5.74, 6) is -0.347. The third kappa shape index (κ3) is 2.19. The number of rotatable bonds is 2.